The highest BCUT2D eigenvalue weighted by atomic mass is 17.2. The first kappa shape index (κ1) is 26.9. The predicted octanol–water partition coefficient (Wildman–Crippen LogP) is 5.58. The van der Waals surface area contributed by atoms with Gasteiger partial charge in [0.1, 0.15) is 22.9 Å². The Morgan fingerprint density at radius 1 is 1.00 bits per heavy atom. The van der Waals surface area contributed by atoms with Crippen molar-refractivity contribution in [1.82, 2.24) is 0 Å². The van der Waals surface area contributed by atoms with Crippen LogP contribution in [0.3, 0.4) is 0 Å². The van der Waals surface area contributed by atoms with Crippen LogP contribution in [0.2, 0.25) is 0 Å². The largest absolute Gasteiger partial charge is 0.462 e. The maximum atomic E-state index is 12.7. The van der Waals surface area contributed by atoms with Crippen molar-refractivity contribution in [2.24, 2.45) is 40.4 Å². The molecular weight excluding hydrogens is 456 g/mol. The maximum Gasteiger partial charge on any atom is 0.302 e. The van der Waals surface area contributed by atoms with E-state index >= 15 is 0 Å². The Morgan fingerprint density at radius 2 is 1.72 bits per heavy atom. The zero-order valence-corrected chi connectivity index (χ0v) is 23.6. The number of ether oxygens (including phenoxy) is 1. The molecule has 0 amide bonds. The standard InChI is InChI=1S/C30H50O6/c1-18(2)19(3)8-9-20(4)23-10-11-24-26(23,6)17-25(32)30(33)27(7)13-12-22(34-21(5)31)16-28(27)14-15-29(24,30)36-35-28/h18-20,22-25,32-33H,8-17H2,1-7H3/t19-,20+,22+,23+,24+,25+,26-,27+,28+,29-,30-/m0/s1. The minimum atomic E-state index is -1.38. The molecule has 6 rings (SSSR count). The SMILES string of the molecule is CC(=O)O[C@@H]1CC[C@]2(C)[C@@]3(CC[C@]4(OO3)[C@@H]3CC[C@H]([C@H](C)CC[C@H](C)C(C)C)[C@]3(C)C[C@@H](O)[C@]24O)C1. The van der Waals surface area contributed by atoms with Gasteiger partial charge in [0.05, 0.1) is 6.10 Å². The van der Waals surface area contributed by atoms with Crippen LogP contribution in [-0.4, -0.2) is 45.2 Å². The lowest BCUT2D eigenvalue weighted by atomic mass is 9.37. The van der Waals surface area contributed by atoms with Crippen LogP contribution in [0.5, 0.6) is 0 Å². The molecule has 4 aliphatic carbocycles. The molecule has 0 unspecified atom stereocenters. The van der Waals surface area contributed by atoms with Crippen molar-refractivity contribution >= 4 is 5.97 Å². The van der Waals surface area contributed by atoms with E-state index in [0.29, 0.717) is 55.8 Å². The third-order valence-electron chi connectivity index (χ3n) is 12.6. The van der Waals surface area contributed by atoms with Crippen molar-refractivity contribution in [2.45, 2.75) is 142 Å². The van der Waals surface area contributed by atoms with Gasteiger partial charge in [-0.05, 0) is 80.0 Å². The fourth-order valence-electron chi connectivity index (χ4n) is 10.1. The molecule has 206 valence electrons. The maximum absolute atomic E-state index is 12.7. The lowest BCUT2D eigenvalue weighted by Crippen LogP contribution is -2.87. The summed E-state index contributed by atoms with van der Waals surface area (Å²) in [6, 6.07) is 0. The van der Waals surface area contributed by atoms with E-state index in [-0.39, 0.29) is 23.4 Å². The van der Waals surface area contributed by atoms with Crippen LogP contribution < -0.4 is 0 Å². The van der Waals surface area contributed by atoms with E-state index in [4.69, 9.17) is 14.5 Å². The van der Waals surface area contributed by atoms with Crippen molar-refractivity contribution in [2.75, 3.05) is 0 Å². The minimum absolute atomic E-state index is 0.0991. The smallest absolute Gasteiger partial charge is 0.302 e. The first-order chi connectivity index (χ1) is 16.8. The van der Waals surface area contributed by atoms with Crippen LogP contribution >= 0.6 is 0 Å². The highest BCUT2D eigenvalue weighted by Crippen LogP contribution is 2.76. The molecule has 6 heteroatoms. The van der Waals surface area contributed by atoms with Crippen LogP contribution in [0.4, 0.5) is 0 Å². The van der Waals surface area contributed by atoms with Crippen molar-refractivity contribution < 1.29 is 29.5 Å². The lowest BCUT2D eigenvalue weighted by Gasteiger charge is -2.76. The Kier molecular flexibility index (Phi) is 6.47. The van der Waals surface area contributed by atoms with Crippen molar-refractivity contribution in [3.63, 3.8) is 0 Å². The van der Waals surface area contributed by atoms with Gasteiger partial charge in [0.25, 0.3) is 0 Å². The van der Waals surface area contributed by atoms with E-state index in [2.05, 4.69) is 41.5 Å². The number of carbonyl (C=O) groups is 1. The fourth-order valence-corrected chi connectivity index (χ4v) is 10.1. The van der Waals surface area contributed by atoms with Crippen molar-refractivity contribution in [3.8, 4) is 0 Å². The molecule has 0 aromatic carbocycles. The normalized spacial score (nSPS) is 51.3. The summed E-state index contributed by atoms with van der Waals surface area (Å²) in [5.41, 5.74) is -3.80. The molecule has 2 heterocycles. The summed E-state index contributed by atoms with van der Waals surface area (Å²) in [4.78, 5) is 24.4. The number of aliphatic hydroxyl groups excluding tert-OH is 1. The zero-order chi connectivity index (χ0) is 26.3. The van der Waals surface area contributed by atoms with E-state index in [0.717, 1.165) is 19.3 Å². The van der Waals surface area contributed by atoms with Gasteiger partial charge in [0.15, 0.2) is 0 Å². The molecule has 6 nitrogen and oxygen atoms in total. The van der Waals surface area contributed by atoms with Crippen LogP contribution in [0, 0.1) is 40.4 Å². The van der Waals surface area contributed by atoms with Gasteiger partial charge in [0, 0.05) is 18.8 Å². The van der Waals surface area contributed by atoms with E-state index in [1.54, 1.807) is 0 Å². The van der Waals surface area contributed by atoms with Crippen molar-refractivity contribution in [3.05, 3.63) is 0 Å². The fraction of sp³-hybridized carbons (Fsp3) is 0.967. The second-order valence-corrected chi connectivity index (χ2v) is 14.4. The van der Waals surface area contributed by atoms with Crippen LogP contribution in [0.25, 0.3) is 0 Å². The van der Waals surface area contributed by atoms with E-state index in [1.165, 1.54) is 19.8 Å². The molecule has 2 saturated heterocycles. The molecule has 11 atom stereocenters. The van der Waals surface area contributed by atoms with Gasteiger partial charge in [-0.3, -0.25) is 4.79 Å². The van der Waals surface area contributed by atoms with E-state index in [9.17, 15) is 15.0 Å². The summed E-state index contributed by atoms with van der Waals surface area (Å²) < 4.78 is 5.58. The topological polar surface area (TPSA) is 85.2 Å². The number of carbonyl (C=O) groups excluding carboxylic acids is 1. The summed E-state index contributed by atoms with van der Waals surface area (Å²) in [6.45, 7) is 15.3. The van der Waals surface area contributed by atoms with Crippen LogP contribution in [-0.2, 0) is 19.3 Å². The molecule has 2 aliphatic heterocycles. The van der Waals surface area contributed by atoms with E-state index in [1.807, 2.05) is 0 Å². The number of hydrogen-bond acceptors (Lipinski definition) is 6. The molecule has 2 spiro atoms. The Hall–Kier alpha value is -0.690. The number of fused-ring (bicyclic) bond motifs is 3. The van der Waals surface area contributed by atoms with Gasteiger partial charge < -0.3 is 14.9 Å². The minimum Gasteiger partial charge on any atom is -0.462 e. The highest BCUT2D eigenvalue weighted by molar-refractivity contribution is 5.66. The first-order valence-electron chi connectivity index (χ1n) is 14.7. The second-order valence-electron chi connectivity index (χ2n) is 14.4. The van der Waals surface area contributed by atoms with Crippen molar-refractivity contribution in [1.29, 1.82) is 0 Å². The van der Waals surface area contributed by atoms with Gasteiger partial charge in [-0.25, -0.2) is 9.78 Å². The summed E-state index contributed by atoms with van der Waals surface area (Å²) in [7, 11) is 0. The number of esters is 1. The lowest BCUT2D eigenvalue weighted by molar-refractivity contribution is -0.569. The van der Waals surface area contributed by atoms with Gasteiger partial charge >= 0.3 is 5.97 Å². The molecule has 4 saturated carbocycles. The van der Waals surface area contributed by atoms with Gasteiger partial charge in [-0.2, -0.15) is 0 Å². The van der Waals surface area contributed by atoms with E-state index < -0.39 is 28.3 Å². The molecular formula is C30H50O6. The summed E-state index contributed by atoms with van der Waals surface area (Å²) >= 11 is 0. The van der Waals surface area contributed by atoms with Crippen LogP contribution in [0.15, 0.2) is 0 Å². The van der Waals surface area contributed by atoms with Gasteiger partial charge in [-0.1, -0.05) is 54.4 Å². The Balaban J connectivity index is 1.44. The average Bonchev–Trinajstić information content (AvgIpc) is 3.15. The third-order valence-corrected chi connectivity index (χ3v) is 12.6. The summed E-state index contributed by atoms with van der Waals surface area (Å²) in [6.07, 6.45) is 7.28. The highest BCUT2D eigenvalue weighted by Gasteiger charge is 2.85. The summed E-state index contributed by atoms with van der Waals surface area (Å²) in [5, 5.41) is 24.6. The molecule has 0 radical (unpaired) electrons. The second kappa shape index (κ2) is 8.66. The zero-order valence-electron chi connectivity index (χ0n) is 23.6. The molecule has 6 aliphatic rings. The molecule has 2 N–H and O–H groups in total. The molecule has 0 aromatic heterocycles. The van der Waals surface area contributed by atoms with Crippen LogP contribution in [0.1, 0.15) is 113 Å². The van der Waals surface area contributed by atoms with Gasteiger partial charge in [0.2, 0.25) is 0 Å². The Labute approximate surface area is 217 Å². The molecule has 0 aromatic rings. The first-order valence-corrected chi connectivity index (χ1v) is 14.7. The number of hydrogen-bond donors (Lipinski definition) is 2. The third kappa shape index (κ3) is 3.32. The number of rotatable bonds is 6. The van der Waals surface area contributed by atoms with Gasteiger partial charge in [-0.15, -0.1) is 0 Å². The molecule has 6 fully saturated rings. The predicted molar refractivity (Wildman–Crippen MR) is 137 cm³/mol. The monoisotopic (exact) mass is 506 g/mol. The molecule has 36 heavy (non-hydrogen) atoms. The molecule has 2 bridgehead atoms. The quantitative estimate of drug-likeness (QED) is 0.361. The Morgan fingerprint density at radius 3 is 2.33 bits per heavy atom. The Bertz CT molecular complexity index is 864. The average molecular weight is 507 g/mol. The number of aliphatic hydroxyl groups is 2. The summed E-state index contributed by atoms with van der Waals surface area (Å²) in [5.74, 6) is 2.33.